The van der Waals surface area contributed by atoms with Crippen molar-refractivity contribution in [3.8, 4) is 0 Å². The van der Waals surface area contributed by atoms with Crippen LogP contribution in [-0.2, 0) is 3.10 Å². The minimum atomic E-state index is -2.12. The van der Waals surface area contributed by atoms with Crippen molar-refractivity contribution in [1.29, 1.82) is 0 Å². The Kier molecular flexibility index (Phi) is 3.20. The van der Waals surface area contributed by atoms with Gasteiger partial charge in [0, 0.05) is 0 Å². The molecule has 0 aromatic carbocycles. The van der Waals surface area contributed by atoms with Crippen molar-refractivity contribution in [2.24, 2.45) is 16.7 Å². The molecule has 2 saturated carbocycles. The summed E-state index contributed by atoms with van der Waals surface area (Å²) in [5.41, 5.74) is 1.11. The Balaban J connectivity index is 1.83. The average molecular weight is 417 g/mol. The van der Waals surface area contributed by atoms with Crippen molar-refractivity contribution in [3.63, 3.8) is 0 Å². The van der Waals surface area contributed by atoms with Crippen LogP contribution in [0.3, 0.4) is 0 Å². The molecule has 100 valence electrons. The molecule has 17 heavy (non-hydrogen) atoms. The summed E-state index contributed by atoms with van der Waals surface area (Å²) < 4.78 is 9.45. The molecule has 0 amide bonds. The molecule has 2 aliphatic carbocycles. The summed E-state index contributed by atoms with van der Waals surface area (Å²) in [6, 6.07) is 0. The van der Waals surface area contributed by atoms with Crippen molar-refractivity contribution < 1.29 is 3.10 Å². The minimum absolute atomic E-state index is 0.547. The van der Waals surface area contributed by atoms with Gasteiger partial charge in [-0.25, -0.2) is 0 Å². The van der Waals surface area contributed by atoms with Gasteiger partial charge in [-0.05, 0) is 0 Å². The van der Waals surface area contributed by atoms with Crippen LogP contribution in [0.15, 0.2) is 0 Å². The normalized spacial score (nSPS) is 50.8. The molecule has 3 rings (SSSR count). The molecule has 0 radical (unpaired) electrons. The van der Waals surface area contributed by atoms with Crippen LogP contribution in [0.4, 0.5) is 0 Å². The first-order valence-corrected chi connectivity index (χ1v) is 16.6. The van der Waals surface area contributed by atoms with Gasteiger partial charge in [0.1, 0.15) is 0 Å². The number of hydrogen-bond acceptors (Lipinski definition) is 1. The summed E-state index contributed by atoms with van der Waals surface area (Å²) in [5.74, 6) is 0.943. The molecule has 4 atom stereocenters. The van der Waals surface area contributed by atoms with Crippen molar-refractivity contribution in [1.82, 2.24) is 0 Å². The Morgan fingerprint density at radius 3 is 2.76 bits per heavy atom. The zero-order valence-corrected chi connectivity index (χ0v) is 15.2. The van der Waals surface area contributed by atoms with Crippen molar-refractivity contribution in [2.75, 3.05) is 0 Å². The number of halogens is 1. The second-order valence-electron chi connectivity index (χ2n) is 6.86. The Bertz CT molecular complexity index is 332. The summed E-state index contributed by atoms with van der Waals surface area (Å²) in [7, 11) is 0. The van der Waals surface area contributed by atoms with Crippen LogP contribution in [0, 0.1) is 16.7 Å². The van der Waals surface area contributed by atoms with E-state index < -0.39 is 16.4 Å². The molecule has 1 spiro atoms. The molecule has 2 unspecified atom stereocenters. The Labute approximate surface area is 116 Å². The zero-order valence-electron chi connectivity index (χ0n) is 11.3. The molecule has 1 saturated heterocycles. The van der Waals surface area contributed by atoms with Crippen LogP contribution in [0.5, 0.6) is 0 Å². The van der Waals surface area contributed by atoms with E-state index in [0.717, 1.165) is 5.92 Å². The number of hydrogen-bond donors (Lipinski definition) is 0. The molecule has 2 bridgehead atoms. The Morgan fingerprint density at radius 2 is 2.18 bits per heavy atom. The molecule has 3 aliphatic rings. The van der Waals surface area contributed by atoms with Gasteiger partial charge < -0.3 is 0 Å². The number of unbranched alkanes of at least 4 members (excludes halogenated alkanes) is 1. The Hall–Kier alpha value is 1.23. The fourth-order valence-corrected chi connectivity index (χ4v) is 19.2. The molecule has 1 aliphatic heterocycles. The molecule has 0 aromatic heterocycles. The molecule has 0 aromatic rings. The summed E-state index contributed by atoms with van der Waals surface area (Å²) in [6.07, 6.45) is 7.56. The van der Waals surface area contributed by atoms with Gasteiger partial charge in [0.15, 0.2) is 0 Å². The van der Waals surface area contributed by atoms with Crippen LogP contribution < -0.4 is 0 Å². The summed E-state index contributed by atoms with van der Waals surface area (Å²) in [4.78, 5) is 0. The van der Waals surface area contributed by atoms with Crippen LogP contribution >= 0.6 is 12.8 Å². The van der Waals surface area contributed by atoms with Crippen molar-refractivity contribution in [3.05, 3.63) is 0 Å². The average Bonchev–Trinajstić information content (AvgIpc) is 2.76. The first kappa shape index (κ1) is 13.2. The molecule has 1 heterocycles. The number of fused-ring (bicyclic) bond motifs is 1. The van der Waals surface area contributed by atoms with Gasteiger partial charge >= 0.3 is 117 Å². The number of rotatable bonds is 3. The topological polar surface area (TPSA) is 9.23 Å². The molecule has 0 N–H and O–H groups in total. The van der Waals surface area contributed by atoms with Gasteiger partial charge in [0.25, 0.3) is 0 Å². The predicted octanol–water partition coefficient (Wildman–Crippen LogP) is 4.85. The molecule has 3 fully saturated rings. The third-order valence-corrected chi connectivity index (χ3v) is 17.6. The first-order chi connectivity index (χ1) is 7.94. The van der Waals surface area contributed by atoms with E-state index in [1.807, 2.05) is 0 Å². The van der Waals surface area contributed by atoms with E-state index in [4.69, 9.17) is 3.10 Å². The van der Waals surface area contributed by atoms with E-state index >= 15 is 0 Å². The predicted molar refractivity (Wildman–Crippen MR) is 77.6 cm³/mol. The van der Waals surface area contributed by atoms with Crippen LogP contribution in [0.25, 0.3) is 0 Å². The summed E-state index contributed by atoms with van der Waals surface area (Å²) >= 11 is 2.00. The van der Waals surface area contributed by atoms with E-state index in [-0.39, 0.29) is 0 Å². The van der Waals surface area contributed by atoms with Gasteiger partial charge in [0.2, 0.25) is 0 Å². The third kappa shape index (κ3) is 1.72. The SMILES string of the molecule is CCCC[Te@]1(Br)CC23CCC(C[C@H]2O1)C3(C)C. The fraction of sp³-hybridized carbons (Fsp3) is 1.00. The Morgan fingerprint density at radius 1 is 1.41 bits per heavy atom. The molecular formula is C14H25BrOTe. The molecule has 1 nitrogen and oxygen atoms in total. The summed E-state index contributed by atoms with van der Waals surface area (Å²) in [5, 5.41) is 0. The van der Waals surface area contributed by atoms with Gasteiger partial charge in [-0.2, -0.15) is 0 Å². The van der Waals surface area contributed by atoms with Gasteiger partial charge in [0.05, 0.1) is 0 Å². The van der Waals surface area contributed by atoms with E-state index in [1.165, 1.54) is 41.0 Å². The van der Waals surface area contributed by atoms with Gasteiger partial charge in [-0.1, -0.05) is 0 Å². The summed E-state index contributed by atoms with van der Waals surface area (Å²) in [6.45, 7) is 7.34. The van der Waals surface area contributed by atoms with E-state index in [0.29, 0.717) is 16.9 Å². The fourth-order valence-electron chi connectivity index (χ4n) is 4.58. The van der Waals surface area contributed by atoms with Crippen LogP contribution in [0.2, 0.25) is 8.94 Å². The van der Waals surface area contributed by atoms with Gasteiger partial charge in [-0.15, -0.1) is 0 Å². The van der Waals surface area contributed by atoms with E-state index in [9.17, 15) is 0 Å². The first-order valence-electron chi connectivity index (χ1n) is 7.10. The maximum atomic E-state index is 6.64. The zero-order chi connectivity index (χ0) is 12.3. The van der Waals surface area contributed by atoms with Crippen LogP contribution in [0.1, 0.15) is 52.9 Å². The maximum absolute atomic E-state index is 6.64. The molecular weight excluding hydrogens is 392 g/mol. The van der Waals surface area contributed by atoms with Crippen molar-refractivity contribution >= 4 is 29.1 Å². The third-order valence-electron chi connectivity index (χ3n) is 5.92. The van der Waals surface area contributed by atoms with E-state index in [2.05, 4.69) is 33.5 Å². The second-order valence-corrected chi connectivity index (χ2v) is 21.4. The second kappa shape index (κ2) is 4.11. The van der Waals surface area contributed by atoms with Crippen LogP contribution in [-0.4, -0.2) is 22.5 Å². The van der Waals surface area contributed by atoms with E-state index in [1.54, 1.807) is 0 Å². The monoisotopic (exact) mass is 418 g/mol. The molecule has 3 heteroatoms. The van der Waals surface area contributed by atoms with Gasteiger partial charge in [-0.3, -0.25) is 0 Å². The standard InChI is InChI=1S/C14H25BrOTe/c1-4-5-8-17(15)10-14-7-6-11(13(14,2)3)9-12(14)16-17/h11-12H,4-10H2,1-3H3/t11?,12-,14?/m1/s1. The quantitative estimate of drug-likeness (QED) is 0.598. The van der Waals surface area contributed by atoms with Crippen molar-refractivity contribution in [2.45, 2.75) is 67.9 Å².